The van der Waals surface area contributed by atoms with Crippen molar-refractivity contribution in [3.8, 4) is 11.1 Å². The SMILES string of the molecule is C/C(O)=S(\c1ccc(-c2ccc(C)cc2)cc1)N1CCN=C1N1CCN(C2CCC2)CC1. The van der Waals surface area contributed by atoms with Crippen molar-refractivity contribution in [1.82, 2.24) is 14.1 Å². The molecule has 2 aromatic carbocycles. The monoisotopic (exact) mass is 450 g/mol. The van der Waals surface area contributed by atoms with Gasteiger partial charge in [0.1, 0.15) is 0 Å². The Balaban J connectivity index is 1.33. The molecule has 6 heteroatoms. The van der Waals surface area contributed by atoms with Gasteiger partial charge in [-0.1, -0.05) is 48.4 Å². The molecule has 1 saturated heterocycles. The lowest BCUT2D eigenvalue weighted by Crippen LogP contribution is -2.55. The Kier molecular flexibility index (Phi) is 6.35. The maximum absolute atomic E-state index is 10.7. The van der Waals surface area contributed by atoms with E-state index in [2.05, 4.69) is 69.6 Å². The number of aliphatic hydroxyl groups excluding tert-OH is 1. The van der Waals surface area contributed by atoms with Crippen molar-refractivity contribution in [1.29, 1.82) is 0 Å². The summed E-state index contributed by atoms with van der Waals surface area (Å²) in [4.78, 5) is 11.1. The van der Waals surface area contributed by atoms with E-state index in [-0.39, 0.29) is 0 Å². The van der Waals surface area contributed by atoms with Crippen LogP contribution in [0.4, 0.5) is 0 Å². The Morgan fingerprint density at radius 2 is 1.53 bits per heavy atom. The molecule has 2 fully saturated rings. The standard InChI is InChI=1S/C26H34N4OS/c1-20-6-8-22(9-7-20)23-10-12-25(13-11-23)32(21(2)31)30-15-14-27-26(30)29-18-16-28(17-19-29)24-4-3-5-24/h6-13,24,31H,3-5,14-19H2,1-2H3. The summed E-state index contributed by atoms with van der Waals surface area (Å²) >= 11 is 0. The van der Waals surface area contributed by atoms with Gasteiger partial charge >= 0.3 is 0 Å². The summed E-state index contributed by atoms with van der Waals surface area (Å²) in [6.07, 6.45) is 4.13. The van der Waals surface area contributed by atoms with Crippen LogP contribution >= 0.6 is 10.7 Å². The van der Waals surface area contributed by atoms with Crippen LogP contribution in [0.3, 0.4) is 0 Å². The predicted molar refractivity (Wildman–Crippen MR) is 136 cm³/mol. The summed E-state index contributed by atoms with van der Waals surface area (Å²) in [7, 11) is -0.503. The van der Waals surface area contributed by atoms with Crippen LogP contribution in [-0.4, -0.2) is 75.5 Å². The molecule has 0 amide bonds. The summed E-state index contributed by atoms with van der Waals surface area (Å²) in [6, 6.07) is 18.1. The van der Waals surface area contributed by atoms with E-state index in [9.17, 15) is 5.11 Å². The summed E-state index contributed by atoms with van der Waals surface area (Å²) in [5.74, 6) is 1.07. The number of guanidine groups is 1. The Labute approximate surface area is 194 Å². The molecular weight excluding hydrogens is 416 g/mol. The molecule has 1 aliphatic carbocycles. The molecular formula is C26H34N4OS. The van der Waals surface area contributed by atoms with E-state index >= 15 is 0 Å². The van der Waals surface area contributed by atoms with Crippen LogP contribution in [0.25, 0.3) is 11.1 Å². The molecule has 5 nitrogen and oxygen atoms in total. The number of aryl methyl sites for hydroxylation is 1. The fourth-order valence-electron chi connectivity index (χ4n) is 4.87. The number of aliphatic imine (C=N–C) groups is 1. The minimum Gasteiger partial charge on any atom is -0.358 e. The summed E-state index contributed by atoms with van der Waals surface area (Å²) < 4.78 is 2.33. The molecule has 2 aromatic rings. The first-order valence-corrected chi connectivity index (χ1v) is 13.0. The van der Waals surface area contributed by atoms with Crippen molar-refractivity contribution in [2.75, 3.05) is 39.3 Å². The lowest BCUT2D eigenvalue weighted by Gasteiger charge is -2.44. The normalized spacial score (nSPS) is 21.3. The Morgan fingerprint density at radius 3 is 2.09 bits per heavy atom. The number of piperazine rings is 1. The number of hydrogen-bond donors (Lipinski definition) is 1. The number of benzene rings is 2. The van der Waals surface area contributed by atoms with Crippen LogP contribution in [0.1, 0.15) is 31.7 Å². The van der Waals surface area contributed by atoms with Gasteiger partial charge in [0.25, 0.3) is 0 Å². The second-order valence-corrected chi connectivity index (χ2v) is 11.2. The quantitative estimate of drug-likeness (QED) is 0.683. The molecule has 1 N–H and O–H groups in total. The molecule has 0 bridgehead atoms. The van der Waals surface area contributed by atoms with E-state index < -0.39 is 10.7 Å². The van der Waals surface area contributed by atoms with Gasteiger partial charge < -0.3 is 10.0 Å². The van der Waals surface area contributed by atoms with Crippen LogP contribution in [0.5, 0.6) is 0 Å². The average Bonchev–Trinajstić information content (AvgIpc) is 3.23. The van der Waals surface area contributed by atoms with E-state index in [1.54, 1.807) is 0 Å². The molecule has 3 aliphatic rings. The van der Waals surface area contributed by atoms with Crippen molar-refractivity contribution in [3.05, 3.63) is 54.1 Å². The van der Waals surface area contributed by atoms with Gasteiger partial charge in [0.15, 0.2) is 0 Å². The highest BCUT2D eigenvalue weighted by Crippen LogP contribution is 2.36. The molecule has 1 saturated carbocycles. The van der Waals surface area contributed by atoms with Gasteiger partial charge in [-0.25, -0.2) is 0 Å². The van der Waals surface area contributed by atoms with Gasteiger partial charge in [-0.3, -0.25) is 14.2 Å². The lowest BCUT2D eigenvalue weighted by atomic mass is 9.91. The maximum Gasteiger partial charge on any atom is 0.206 e. The molecule has 0 aromatic heterocycles. The van der Waals surface area contributed by atoms with Gasteiger partial charge in [-0.05, 0) is 60.6 Å². The Hall–Kier alpha value is -2.15. The molecule has 0 radical (unpaired) electrons. The minimum absolute atomic E-state index is 0.454. The van der Waals surface area contributed by atoms with Gasteiger partial charge in [-0.15, -0.1) is 0 Å². The molecule has 2 heterocycles. The zero-order valence-corrected chi connectivity index (χ0v) is 20.0. The van der Waals surface area contributed by atoms with Crippen LogP contribution in [0.2, 0.25) is 0 Å². The van der Waals surface area contributed by atoms with Crippen LogP contribution in [0, 0.1) is 6.92 Å². The Morgan fingerprint density at radius 1 is 0.906 bits per heavy atom. The zero-order chi connectivity index (χ0) is 22.1. The topological polar surface area (TPSA) is 42.3 Å². The summed E-state index contributed by atoms with van der Waals surface area (Å²) in [5.41, 5.74) is 3.70. The first-order chi connectivity index (χ1) is 15.6. The molecule has 1 atom stereocenters. The number of hydrogen-bond acceptors (Lipinski definition) is 4. The van der Waals surface area contributed by atoms with Crippen molar-refractivity contribution in [2.24, 2.45) is 4.99 Å². The van der Waals surface area contributed by atoms with E-state index in [0.29, 0.717) is 5.05 Å². The highest BCUT2D eigenvalue weighted by Gasteiger charge is 2.32. The second kappa shape index (κ2) is 9.38. The van der Waals surface area contributed by atoms with E-state index in [1.807, 2.05) is 6.92 Å². The average molecular weight is 451 g/mol. The third kappa shape index (κ3) is 4.36. The molecule has 32 heavy (non-hydrogen) atoms. The third-order valence-electron chi connectivity index (χ3n) is 6.93. The molecule has 170 valence electrons. The minimum atomic E-state index is -0.503. The lowest BCUT2D eigenvalue weighted by molar-refractivity contribution is 0.0835. The molecule has 0 spiro atoms. The first kappa shape index (κ1) is 21.7. The molecule has 2 aliphatic heterocycles. The van der Waals surface area contributed by atoms with Crippen molar-refractivity contribution in [2.45, 2.75) is 44.0 Å². The smallest absolute Gasteiger partial charge is 0.206 e. The van der Waals surface area contributed by atoms with Gasteiger partial charge in [0.2, 0.25) is 5.96 Å². The highest BCUT2D eigenvalue weighted by molar-refractivity contribution is 8.14. The first-order valence-electron chi connectivity index (χ1n) is 11.9. The number of rotatable bonds is 4. The summed E-state index contributed by atoms with van der Waals surface area (Å²) in [6.45, 7) is 9.91. The van der Waals surface area contributed by atoms with Crippen LogP contribution in [0.15, 0.2) is 58.4 Å². The van der Waals surface area contributed by atoms with Gasteiger partial charge in [0, 0.05) is 37.1 Å². The van der Waals surface area contributed by atoms with Crippen LogP contribution in [-0.2, 0) is 0 Å². The third-order valence-corrected chi connectivity index (χ3v) is 9.00. The number of nitrogens with zero attached hydrogens (tertiary/aromatic N) is 4. The van der Waals surface area contributed by atoms with Crippen LogP contribution < -0.4 is 0 Å². The van der Waals surface area contributed by atoms with E-state index in [1.165, 1.54) is 36.0 Å². The summed E-state index contributed by atoms with van der Waals surface area (Å²) in [5, 5.41) is 11.2. The zero-order valence-electron chi connectivity index (χ0n) is 19.2. The van der Waals surface area contributed by atoms with Crippen molar-refractivity contribution < 1.29 is 5.11 Å². The van der Waals surface area contributed by atoms with E-state index in [4.69, 9.17) is 4.99 Å². The van der Waals surface area contributed by atoms with Gasteiger partial charge in [0.05, 0.1) is 18.1 Å². The molecule has 5 rings (SSSR count). The Bertz CT molecular complexity index is 999. The fourth-order valence-corrected chi connectivity index (χ4v) is 6.78. The molecule has 1 unspecified atom stereocenters. The fraction of sp³-hybridized carbons (Fsp3) is 0.462. The van der Waals surface area contributed by atoms with Crippen molar-refractivity contribution in [3.63, 3.8) is 0 Å². The maximum atomic E-state index is 10.7. The predicted octanol–water partition coefficient (Wildman–Crippen LogP) is 4.75. The highest BCUT2D eigenvalue weighted by atomic mass is 32.2. The van der Waals surface area contributed by atoms with Crippen molar-refractivity contribution >= 4 is 21.7 Å². The second-order valence-electron chi connectivity index (χ2n) is 9.09. The van der Waals surface area contributed by atoms with E-state index in [0.717, 1.165) is 56.2 Å². The van der Waals surface area contributed by atoms with Gasteiger partial charge in [-0.2, -0.15) is 0 Å². The largest absolute Gasteiger partial charge is 0.358 e. The number of aliphatic hydroxyl groups is 1.